The van der Waals surface area contributed by atoms with Gasteiger partial charge in [-0.05, 0) is 35.1 Å². The first-order valence-corrected chi connectivity index (χ1v) is 8.10. The maximum atomic E-state index is 11.3. The number of hydrogen-bond acceptors (Lipinski definition) is 2. The molecule has 5 heteroatoms. The lowest BCUT2D eigenvalue weighted by Gasteiger charge is -2.21. The van der Waals surface area contributed by atoms with Crippen LogP contribution in [-0.2, 0) is 0 Å². The molecule has 0 saturated heterocycles. The molecule has 0 aliphatic heterocycles. The van der Waals surface area contributed by atoms with Gasteiger partial charge in [0, 0.05) is 5.92 Å². The minimum atomic E-state index is 0.205. The van der Waals surface area contributed by atoms with Crippen LogP contribution in [0.2, 0.25) is 0 Å². The van der Waals surface area contributed by atoms with Crippen molar-refractivity contribution < 1.29 is 10.2 Å². The van der Waals surface area contributed by atoms with Gasteiger partial charge in [0.15, 0.2) is 0 Å². The molecule has 0 heterocycles. The van der Waals surface area contributed by atoms with Gasteiger partial charge >= 0.3 is 0 Å². The van der Waals surface area contributed by atoms with Gasteiger partial charge in [-0.15, -0.1) is 5.01 Å². The third-order valence-corrected chi connectivity index (χ3v) is 4.53. The first-order chi connectivity index (χ1) is 11.7. The fourth-order valence-electron chi connectivity index (χ4n) is 3.30. The second kappa shape index (κ2) is 7.17. The van der Waals surface area contributed by atoms with E-state index in [2.05, 4.69) is 66.0 Å². The normalized spacial score (nSPS) is 14.0. The molecule has 2 aromatic carbocycles. The fraction of sp³-hybridized carbons (Fsp3) is 0.263. The van der Waals surface area contributed by atoms with Gasteiger partial charge in [0.1, 0.15) is 0 Å². The van der Waals surface area contributed by atoms with E-state index in [4.69, 9.17) is 5.21 Å². The lowest BCUT2D eigenvalue weighted by molar-refractivity contribution is -0.704. The highest BCUT2D eigenvalue weighted by molar-refractivity contribution is 5.76. The molecular weight excluding hydrogens is 302 g/mol. The topological polar surface area (TPSA) is 61.9 Å². The van der Waals surface area contributed by atoms with Gasteiger partial charge in [0.2, 0.25) is 5.28 Å². The summed E-state index contributed by atoms with van der Waals surface area (Å²) >= 11 is 0. The zero-order chi connectivity index (χ0) is 16.9. The average molecular weight is 323 g/mol. The molecule has 0 atom stereocenters. The molecule has 0 aromatic heterocycles. The van der Waals surface area contributed by atoms with Crippen LogP contribution in [0.15, 0.2) is 53.8 Å². The second-order valence-electron chi connectivity index (χ2n) is 6.01. The summed E-state index contributed by atoms with van der Waals surface area (Å²) in [5.74, 6) is 0.284. The zero-order valence-corrected chi connectivity index (χ0v) is 13.7. The number of hydrogen-bond donors (Lipinski definition) is 1. The van der Waals surface area contributed by atoms with E-state index in [9.17, 15) is 5.21 Å². The van der Waals surface area contributed by atoms with E-state index in [1.54, 1.807) is 7.05 Å². The molecule has 24 heavy (non-hydrogen) atoms. The molecule has 0 amide bonds. The number of fused-ring (bicyclic) bond motifs is 2. The Kier molecular flexibility index (Phi) is 4.79. The summed E-state index contributed by atoms with van der Waals surface area (Å²) in [4.78, 5) is 0.205. The molecule has 124 valence electrons. The maximum absolute atomic E-state index is 11.3. The lowest BCUT2D eigenvalue weighted by Crippen LogP contribution is -2.27. The van der Waals surface area contributed by atoms with E-state index in [0.717, 1.165) is 12.8 Å². The number of hydrazine groups is 1. The van der Waals surface area contributed by atoms with E-state index in [1.807, 2.05) is 0 Å². The Labute approximate surface area is 141 Å². The predicted molar refractivity (Wildman–Crippen MR) is 93.4 cm³/mol. The van der Waals surface area contributed by atoms with Crippen LogP contribution in [-0.4, -0.2) is 28.8 Å². The van der Waals surface area contributed by atoms with Crippen LogP contribution < -0.4 is 0 Å². The minimum absolute atomic E-state index is 0.205. The standard InChI is InChI=1S/C19H21N3O2/c1-21(22(24)20-23)14-6-11-19-17-9-4-2-7-15(17)12-13-16-8-3-5-10-18(16)19/h2-5,7-10,12-13,19,23H,6,11,14H2,1H3/b22-20-. The average Bonchev–Trinajstić information content (AvgIpc) is 2.78. The Hall–Kier alpha value is -2.82. The van der Waals surface area contributed by atoms with Gasteiger partial charge in [-0.25, -0.2) is 0 Å². The van der Waals surface area contributed by atoms with Crippen LogP contribution in [0.4, 0.5) is 0 Å². The molecule has 0 unspecified atom stereocenters. The zero-order valence-electron chi connectivity index (χ0n) is 13.7. The number of rotatable bonds is 5. The summed E-state index contributed by atoms with van der Waals surface area (Å²) < 4.78 is 0. The van der Waals surface area contributed by atoms with Crippen LogP contribution in [0.3, 0.4) is 0 Å². The second-order valence-corrected chi connectivity index (χ2v) is 6.01. The Morgan fingerprint density at radius 1 is 1.04 bits per heavy atom. The molecule has 0 spiro atoms. The van der Waals surface area contributed by atoms with Gasteiger partial charge in [-0.3, -0.25) is 0 Å². The first-order valence-electron chi connectivity index (χ1n) is 8.10. The van der Waals surface area contributed by atoms with Gasteiger partial charge < -0.3 is 10.4 Å². The SMILES string of the molecule is CN(CCCC1c2ccccc2C=Cc2ccccc21)/[N+]([O-])=N/O. The molecule has 2 aromatic rings. The van der Waals surface area contributed by atoms with Crippen molar-refractivity contribution in [1.29, 1.82) is 0 Å². The highest BCUT2D eigenvalue weighted by Crippen LogP contribution is 2.37. The van der Waals surface area contributed by atoms with Gasteiger partial charge in [0.25, 0.3) is 0 Å². The molecule has 1 aliphatic carbocycles. The quantitative estimate of drug-likeness (QED) is 0.507. The highest BCUT2D eigenvalue weighted by Gasteiger charge is 2.21. The maximum Gasteiger partial charge on any atom is 0.230 e. The van der Waals surface area contributed by atoms with Crippen LogP contribution >= 0.6 is 0 Å². The van der Waals surface area contributed by atoms with E-state index < -0.39 is 0 Å². The smallest absolute Gasteiger partial charge is 0.230 e. The number of benzene rings is 2. The van der Waals surface area contributed by atoms with E-state index in [0.29, 0.717) is 6.54 Å². The van der Waals surface area contributed by atoms with Crippen LogP contribution in [0.5, 0.6) is 0 Å². The molecule has 0 bridgehead atoms. The minimum Gasteiger partial charge on any atom is -0.569 e. The van der Waals surface area contributed by atoms with Crippen molar-refractivity contribution in [3.05, 3.63) is 76.0 Å². The molecule has 5 nitrogen and oxygen atoms in total. The van der Waals surface area contributed by atoms with Crippen molar-refractivity contribution >= 4 is 12.2 Å². The van der Waals surface area contributed by atoms with Crippen molar-refractivity contribution in [2.24, 2.45) is 5.28 Å². The molecule has 0 fully saturated rings. The summed E-state index contributed by atoms with van der Waals surface area (Å²) in [7, 11) is 1.61. The van der Waals surface area contributed by atoms with E-state index in [-0.39, 0.29) is 10.9 Å². The van der Waals surface area contributed by atoms with Gasteiger partial charge in [0.05, 0.1) is 18.6 Å². The third-order valence-electron chi connectivity index (χ3n) is 4.53. The summed E-state index contributed by atoms with van der Waals surface area (Å²) in [5, 5.41) is 23.8. The van der Waals surface area contributed by atoms with Crippen molar-refractivity contribution in [1.82, 2.24) is 5.01 Å². The molecule has 1 N–H and O–H groups in total. The lowest BCUT2D eigenvalue weighted by atomic mass is 9.84. The summed E-state index contributed by atoms with van der Waals surface area (Å²) in [6, 6.07) is 16.9. The summed E-state index contributed by atoms with van der Waals surface area (Å²) in [5.41, 5.74) is 5.10. The highest BCUT2D eigenvalue weighted by atomic mass is 16.6. The first kappa shape index (κ1) is 16.1. The van der Waals surface area contributed by atoms with E-state index in [1.165, 1.54) is 27.3 Å². The van der Waals surface area contributed by atoms with Crippen LogP contribution in [0.25, 0.3) is 12.2 Å². The largest absolute Gasteiger partial charge is 0.569 e. The van der Waals surface area contributed by atoms with Crippen molar-refractivity contribution in [2.45, 2.75) is 18.8 Å². The Bertz CT molecular complexity index is 721. The van der Waals surface area contributed by atoms with E-state index >= 15 is 0 Å². The molecule has 1 aliphatic rings. The predicted octanol–water partition coefficient (Wildman–Crippen LogP) is 4.28. The third kappa shape index (κ3) is 3.25. The molecule has 0 radical (unpaired) electrons. The molecule has 0 saturated carbocycles. The van der Waals surface area contributed by atoms with Crippen molar-refractivity contribution in [2.75, 3.05) is 13.6 Å². The van der Waals surface area contributed by atoms with Gasteiger partial charge in [-0.1, -0.05) is 60.7 Å². The molecular formula is C19H21N3O2. The van der Waals surface area contributed by atoms with Crippen molar-refractivity contribution in [3.8, 4) is 0 Å². The fourth-order valence-corrected chi connectivity index (χ4v) is 3.30. The van der Waals surface area contributed by atoms with Crippen LogP contribution in [0, 0.1) is 5.21 Å². The molecule has 3 rings (SSSR count). The summed E-state index contributed by atoms with van der Waals surface area (Å²) in [6.45, 7) is 0.530. The Morgan fingerprint density at radius 3 is 2.12 bits per heavy atom. The summed E-state index contributed by atoms with van der Waals surface area (Å²) in [6.07, 6.45) is 6.08. The Morgan fingerprint density at radius 2 is 1.58 bits per heavy atom. The number of nitrogens with zero attached hydrogens (tertiary/aromatic N) is 3. The van der Waals surface area contributed by atoms with Gasteiger partial charge in [-0.2, -0.15) is 0 Å². The van der Waals surface area contributed by atoms with Crippen molar-refractivity contribution in [3.63, 3.8) is 0 Å². The van der Waals surface area contributed by atoms with Crippen LogP contribution in [0.1, 0.15) is 41.0 Å². The monoisotopic (exact) mass is 323 g/mol. The Balaban J connectivity index is 1.85.